The molecule has 0 N–H and O–H groups in total. The first-order valence-corrected chi connectivity index (χ1v) is 9.94. The van der Waals surface area contributed by atoms with Crippen molar-refractivity contribution in [3.8, 4) is 0 Å². The lowest BCUT2D eigenvalue weighted by Crippen LogP contribution is -1.97. The zero-order valence-electron chi connectivity index (χ0n) is 15.5. The average Bonchev–Trinajstić information content (AvgIpc) is 2.91. The molecule has 0 radical (unpaired) electrons. The van der Waals surface area contributed by atoms with E-state index < -0.39 is 0 Å². The number of unbranched alkanes of at least 4 members (excludes halogenated alkanes) is 2. The maximum atomic E-state index is 3.74. The SMILES string of the molecule is C=Cc1ccc2ccccc2c1.CCCCCC1CCCCCC1. The van der Waals surface area contributed by atoms with Crippen LogP contribution >= 0.6 is 0 Å². The third kappa shape index (κ3) is 6.51. The van der Waals surface area contributed by atoms with Crippen LogP contribution in [-0.2, 0) is 0 Å². The lowest BCUT2D eigenvalue weighted by Gasteiger charge is -2.12. The van der Waals surface area contributed by atoms with Crippen molar-refractivity contribution < 1.29 is 0 Å². The second kappa shape index (κ2) is 11.1. The lowest BCUT2D eigenvalue weighted by molar-refractivity contribution is 0.409. The van der Waals surface area contributed by atoms with Crippen LogP contribution in [0.1, 0.15) is 76.7 Å². The van der Waals surface area contributed by atoms with Crippen molar-refractivity contribution in [2.24, 2.45) is 5.92 Å². The first kappa shape index (κ1) is 18.8. The fraction of sp³-hybridized carbons (Fsp3) is 0.500. The van der Waals surface area contributed by atoms with E-state index in [0.717, 1.165) is 5.92 Å². The molecule has 0 bridgehead atoms. The summed E-state index contributed by atoms with van der Waals surface area (Å²) in [7, 11) is 0. The molecule has 0 spiro atoms. The van der Waals surface area contributed by atoms with Gasteiger partial charge >= 0.3 is 0 Å². The van der Waals surface area contributed by atoms with Crippen LogP contribution < -0.4 is 0 Å². The van der Waals surface area contributed by atoms with Gasteiger partial charge in [-0.15, -0.1) is 0 Å². The van der Waals surface area contributed by atoms with Gasteiger partial charge in [0.15, 0.2) is 0 Å². The molecule has 1 aliphatic carbocycles. The summed E-state index contributed by atoms with van der Waals surface area (Å²) in [5.74, 6) is 1.10. The number of rotatable bonds is 5. The summed E-state index contributed by atoms with van der Waals surface area (Å²) < 4.78 is 0. The fourth-order valence-corrected chi connectivity index (χ4v) is 3.67. The zero-order chi connectivity index (χ0) is 17.0. The van der Waals surface area contributed by atoms with Gasteiger partial charge in [-0.25, -0.2) is 0 Å². The molecular weight excluding hydrogens is 288 g/mol. The van der Waals surface area contributed by atoms with Crippen molar-refractivity contribution in [2.75, 3.05) is 0 Å². The van der Waals surface area contributed by atoms with Gasteiger partial charge in [0.05, 0.1) is 0 Å². The molecule has 2 aromatic carbocycles. The van der Waals surface area contributed by atoms with E-state index in [-0.39, 0.29) is 0 Å². The second-order valence-electron chi connectivity index (χ2n) is 7.16. The largest absolute Gasteiger partial charge is 0.0985 e. The summed E-state index contributed by atoms with van der Waals surface area (Å²) in [4.78, 5) is 0. The highest BCUT2D eigenvalue weighted by molar-refractivity contribution is 5.84. The highest BCUT2D eigenvalue weighted by atomic mass is 14.2. The van der Waals surface area contributed by atoms with Gasteiger partial charge in [-0.2, -0.15) is 0 Å². The molecule has 0 heterocycles. The first-order valence-electron chi connectivity index (χ1n) is 9.94. The number of hydrogen-bond donors (Lipinski definition) is 0. The molecule has 1 aliphatic rings. The van der Waals surface area contributed by atoms with Gasteiger partial charge in [-0.1, -0.05) is 120 Å². The van der Waals surface area contributed by atoms with E-state index in [4.69, 9.17) is 0 Å². The molecule has 0 nitrogen and oxygen atoms in total. The summed E-state index contributed by atoms with van der Waals surface area (Å²) in [5, 5.41) is 2.55. The summed E-state index contributed by atoms with van der Waals surface area (Å²) in [6, 6.07) is 14.7. The molecule has 3 rings (SSSR count). The average molecular weight is 323 g/mol. The Balaban J connectivity index is 0.000000174. The molecule has 0 saturated heterocycles. The van der Waals surface area contributed by atoms with Crippen LogP contribution in [-0.4, -0.2) is 0 Å². The predicted molar refractivity (Wildman–Crippen MR) is 109 cm³/mol. The molecule has 2 aromatic rings. The molecule has 0 heteroatoms. The fourth-order valence-electron chi connectivity index (χ4n) is 3.67. The van der Waals surface area contributed by atoms with Crippen LogP contribution in [0.25, 0.3) is 16.8 Å². The molecule has 0 atom stereocenters. The van der Waals surface area contributed by atoms with Crippen molar-refractivity contribution in [2.45, 2.75) is 71.1 Å². The molecule has 130 valence electrons. The smallest absolute Gasteiger partial charge is 0.0178 e. The van der Waals surface area contributed by atoms with E-state index in [1.54, 1.807) is 0 Å². The molecule has 0 aliphatic heterocycles. The molecule has 24 heavy (non-hydrogen) atoms. The number of fused-ring (bicyclic) bond motifs is 1. The summed E-state index contributed by atoms with van der Waals surface area (Å²) in [6.07, 6.45) is 16.8. The van der Waals surface area contributed by atoms with Crippen LogP contribution in [0.2, 0.25) is 0 Å². The number of hydrogen-bond acceptors (Lipinski definition) is 0. The normalized spacial score (nSPS) is 15.4. The van der Waals surface area contributed by atoms with Crippen LogP contribution in [0.3, 0.4) is 0 Å². The monoisotopic (exact) mass is 322 g/mol. The van der Waals surface area contributed by atoms with Crippen molar-refractivity contribution in [1.82, 2.24) is 0 Å². The van der Waals surface area contributed by atoms with E-state index in [1.807, 2.05) is 6.08 Å². The van der Waals surface area contributed by atoms with Crippen molar-refractivity contribution >= 4 is 16.8 Å². The molecule has 0 unspecified atom stereocenters. The highest BCUT2D eigenvalue weighted by Crippen LogP contribution is 2.26. The van der Waals surface area contributed by atoms with E-state index in [9.17, 15) is 0 Å². The summed E-state index contributed by atoms with van der Waals surface area (Å²) in [5.41, 5.74) is 1.17. The summed E-state index contributed by atoms with van der Waals surface area (Å²) in [6.45, 7) is 6.04. The zero-order valence-corrected chi connectivity index (χ0v) is 15.5. The Morgan fingerprint density at radius 3 is 2.29 bits per heavy atom. The molecular formula is C24H34. The minimum atomic E-state index is 1.10. The van der Waals surface area contributed by atoms with Gasteiger partial charge < -0.3 is 0 Å². The van der Waals surface area contributed by atoms with E-state index >= 15 is 0 Å². The first-order chi connectivity index (χ1) is 11.8. The molecule has 0 aromatic heterocycles. The third-order valence-electron chi connectivity index (χ3n) is 5.20. The Morgan fingerprint density at radius 2 is 1.62 bits per heavy atom. The number of benzene rings is 2. The molecule has 0 amide bonds. The minimum absolute atomic E-state index is 1.10. The van der Waals surface area contributed by atoms with Crippen LogP contribution in [0, 0.1) is 5.92 Å². The summed E-state index contributed by atoms with van der Waals surface area (Å²) >= 11 is 0. The Morgan fingerprint density at radius 1 is 0.917 bits per heavy atom. The van der Waals surface area contributed by atoms with Gasteiger partial charge in [-0.3, -0.25) is 0 Å². The maximum Gasteiger partial charge on any atom is -0.0178 e. The second-order valence-corrected chi connectivity index (χ2v) is 7.16. The minimum Gasteiger partial charge on any atom is -0.0985 e. The van der Waals surface area contributed by atoms with Gasteiger partial charge in [0.25, 0.3) is 0 Å². The van der Waals surface area contributed by atoms with Crippen LogP contribution in [0.5, 0.6) is 0 Å². The van der Waals surface area contributed by atoms with Crippen LogP contribution in [0.4, 0.5) is 0 Å². The van der Waals surface area contributed by atoms with Gasteiger partial charge in [0, 0.05) is 0 Å². The van der Waals surface area contributed by atoms with Crippen molar-refractivity contribution in [3.63, 3.8) is 0 Å². The van der Waals surface area contributed by atoms with E-state index in [2.05, 4.69) is 56.0 Å². The van der Waals surface area contributed by atoms with Crippen molar-refractivity contribution in [1.29, 1.82) is 0 Å². The molecule has 1 saturated carbocycles. The third-order valence-corrected chi connectivity index (χ3v) is 5.20. The molecule has 1 fully saturated rings. The Kier molecular flexibility index (Phi) is 8.66. The van der Waals surface area contributed by atoms with Gasteiger partial charge in [0.2, 0.25) is 0 Å². The highest BCUT2D eigenvalue weighted by Gasteiger charge is 2.10. The van der Waals surface area contributed by atoms with E-state index in [0.29, 0.717) is 0 Å². The lowest BCUT2D eigenvalue weighted by atomic mass is 9.94. The standard InChI is InChI=1S/C12H10.C12H24/c1-2-10-7-8-11-5-3-4-6-12(11)9-10;1-2-3-6-9-12-10-7-4-5-8-11-12/h2-9H,1H2;12H,2-11H2,1H3. The van der Waals surface area contributed by atoms with E-state index in [1.165, 1.54) is 80.5 Å². The van der Waals surface area contributed by atoms with Crippen molar-refractivity contribution in [3.05, 3.63) is 54.6 Å². The topological polar surface area (TPSA) is 0 Å². The predicted octanol–water partition coefficient (Wildman–Crippen LogP) is 8.02. The Hall–Kier alpha value is -1.56. The Bertz CT molecular complexity index is 588. The Labute approximate surface area is 149 Å². The van der Waals surface area contributed by atoms with Gasteiger partial charge in [-0.05, 0) is 28.3 Å². The van der Waals surface area contributed by atoms with Crippen LogP contribution in [0.15, 0.2) is 49.0 Å². The van der Waals surface area contributed by atoms with Gasteiger partial charge in [0.1, 0.15) is 0 Å². The maximum absolute atomic E-state index is 3.74. The quantitative estimate of drug-likeness (QED) is 0.386.